The molecule has 1 rings (SSSR count). The summed E-state index contributed by atoms with van der Waals surface area (Å²) in [5.41, 5.74) is 0.0157. The van der Waals surface area contributed by atoms with E-state index in [9.17, 15) is 9.18 Å². The van der Waals surface area contributed by atoms with Gasteiger partial charge in [0, 0.05) is 0 Å². The highest BCUT2D eigenvalue weighted by Crippen LogP contribution is 2.09. The predicted molar refractivity (Wildman–Crippen MR) is 58.9 cm³/mol. The Morgan fingerprint density at radius 1 is 1.53 bits per heavy atom. The molecule has 80 valence electrons. The lowest BCUT2D eigenvalue weighted by Crippen LogP contribution is -2.30. The van der Waals surface area contributed by atoms with E-state index in [0.29, 0.717) is 0 Å². The number of carbonyl (C=O) groups is 1. The standard InChI is InChI=1S/C9H10BFO3S/c1-15-5-9(12)7-3-2-6(10(13)14)4-8(7)11/h2-4,13-14H,5H2,1H3. The van der Waals surface area contributed by atoms with E-state index in [2.05, 4.69) is 0 Å². The molecule has 2 N–H and O–H groups in total. The van der Waals surface area contributed by atoms with Crippen LogP contribution in [0.25, 0.3) is 0 Å². The molecule has 0 fully saturated rings. The second kappa shape index (κ2) is 5.30. The van der Waals surface area contributed by atoms with Gasteiger partial charge in [-0.1, -0.05) is 6.07 Å². The van der Waals surface area contributed by atoms with Gasteiger partial charge in [-0.3, -0.25) is 4.79 Å². The zero-order valence-electron chi connectivity index (χ0n) is 8.11. The van der Waals surface area contributed by atoms with Gasteiger partial charge in [0.1, 0.15) is 5.82 Å². The zero-order chi connectivity index (χ0) is 11.4. The Hall–Kier alpha value is -0.845. The number of thioether (sulfide) groups is 1. The summed E-state index contributed by atoms with van der Waals surface area (Å²) in [6, 6.07) is 3.54. The number of hydrogen-bond acceptors (Lipinski definition) is 4. The summed E-state index contributed by atoms with van der Waals surface area (Å²) in [5.74, 6) is -0.823. The molecule has 15 heavy (non-hydrogen) atoms. The fourth-order valence-corrected chi connectivity index (χ4v) is 1.54. The molecular weight excluding hydrogens is 218 g/mol. The van der Waals surface area contributed by atoms with Crippen molar-refractivity contribution < 1.29 is 19.2 Å². The van der Waals surface area contributed by atoms with Crippen molar-refractivity contribution in [2.45, 2.75) is 0 Å². The molecule has 1 aromatic carbocycles. The number of ketones is 1. The van der Waals surface area contributed by atoms with E-state index in [1.165, 1.54) is 23.9 Å². The lowest BCUT2D eigenvalue weighted by Gasteiger charge is -2.04. The number of carbonyl (C=O) groups excluding carboxylic acids is 1. The molecule has 0 amide bonds. The first-order valence-electron chi connectivity index (χ1n) is 4.24. The van der Waals surface area contributed by atoms with Gasteiger partial charge >= 0.3 is 7.12 Å². The molecule has 0 aromatic heterocycles. The molecular formula is C9H10BFO3S. The maximum Gasteiger partial charge on any atom is 0.488 e. The average Bonchev–Trinajstić information content (AvgIpc) is 2.17. The number of rotatable bonds is 4. The zero-order valence-corrected chi connectivity index (χ0v) is 8.92. The monoisotopic (exact) mass is 228 g/mol. The molecule has 0 bridgehead atoms. The fourth-order valence-electron chi connectivity index (χ4n) is 1.13. The molecule has 0 saturated heterocycles. The van der Waals surface area contributed by atoms with E-state index in [-0.39, 0.29) is 22.6 Å². The third-order valence-electron chi connectivity index (χ3n) is 1.87. The van der Waals surface area contributed by atoms with Gasteiger partial charge in [0.2, 0.25) is 0 Å². The minimum atomic E-state index is -1.72. The Balaban J connectivity index is 2.98. The van der Waals surface area contributed by atoms with Crippen LogP contribution in [0.1, 0.15) is 10.4 Å². The van der Waals surface area contributed by atoms with Gasteiger partial charge in [0.05, 0.1) is 11.3 Å². The summed E-state index contributed by atoms with van der Waals surface area (Å²) in [5, 5.41) is 17.6. The largest absolute Gasteiger partial charge is 0.488 e. The highest BCUT2D eigenvalue weighted by Gasteiger charge is 2.16. The van der Waals surface area contributed by atoms with E-state index in [0.717, 1.165) is 6.07 Å². The van der Waals surface area contributed by atoms with Crippen molar-refractivity contribution in [2.75, 3.05) is 12.0 Å². The summed E-state index contributed by atoms with van der Waals surface area (Å²) in [6.07, 6.45) is 1.75. The van der Waals surface area contributed by atoms with E-state index in [4.69, 9.17) is 10.0 Å². The third-order valence-corrected chi connectivity index (χ3v) is 2.42. The topological polar surface area (TPSA) is 57.5 Å². The van der Waals surface area contributed by atoms with Crippen LogP contribution < -0.4 is 5.46 Å². The smallest absolute Gasteiger partial charge is 0.423 e. The van der Waals surface area contributed by atoms with E-state index < -0.39 is 12.9 Å². The van der Waals surface area contributed by atoms with Crippen LogP contribution in [0, 0.1) is 5.82 Å². The second-order valence-corrected chi connectivity index (χ2v) is 3.84. The van der Waals surface area contributed by atoms with Crippen molar-refractivity contribution >= 4 is 30.1 Å². The van der Waals surface area contributed by atoms with Crippen molar-refractivity contribution in [3.63, 3.8) is 0 Å². The fraction of sp³-hybridized carbons (Fsp3) is 0.222. The average molecular weight is 228 g/mol. The molecule has 1 aromatic rings. The van der Waals surface area contributed by atoms with Crippen LogP contribution in [0.3, 0.4) is 0 Å². The van der Waals surface area contributed by atoms with Crippen LogP contribution in [0.2, 0.25) is 0 Å². The SMILES string of the molecule is CSCC(=O)c1ccc(B(O)O)cc1F. The molecule has 0 spiro atoms. The summed E-state index contributed by atoms with van der Waals surface area (Å²) in [4.78, 5) is 11.4. The second-order valence-electron chi connectivity index (χ2n) is 2.97. The highest BCUT2D eigenvalue weighted by atomic mass is 32.2. The number of halogens is 1. The molecule has 0 aliphatic heterocycles. The summed E-state index contributed by atoms with van der Waals surface area (Å²) < 4.78 is 13.3. The van der Waals surface area contributed by atoms with E-state index in [1.807, 2.05) is 0 Å². The number of benzene rings is 1. The lowest BCUT2D eigenvalue weighted by atomic mass is 9.80. The van der Waals surface area contributed by atoms with E-state index >= 15 is 0 Å². The van der Waals surface area contributed by atoms with Crippen LogP contribution in [-0.2, 0) is 0 Å². The molecule has 0 aliphatic carbocycles. The Kier molecular flexibility index (Phi) is 4.32. The van der Waals surface area contributed by atoms with Gasteiger partial charge in [-0.2, -0.15) is 11.8 Å². The molecule has 0 aliphatic rings. The molecule has 3 nitrogen and oxygen atoms in total. The summed E-state index contributed by atoms with van der Waals surface area (Å²) >= 11 is 1.31. The molecule has 0 saturated carbocycles. The van der Waals surface area contributed by atoms with Gasteiger partial charge < -0.3 is 10.0 Å². The van der Waals surface area contributed by atoms with Crippen LogP contribution in [0.15, 0.2) is 18.2 Å². The number of hydrogen-bond donors (Lipinski definition) is 2. The van der Waals surface area contributed by atoms with E-state index in [1.54, 1.807) is 6.26 Å². The molecule has 0 radical (unpaired) electrons. The van der Waals surface area contributed by atoms with Gasteiger partial charge in [-0.05, 0) is 23.9 Å². The highest BCUT2D eigenvalue weighted by molar-refractivity contribution is 7.99. The Morgan fingerprint density at radius 2 is 2.20 bits per heavy atom. The Labute approximate surface area is 91.5 Å². The van der Waals surface area contributed by atoms with Crippen molar-refractivity contribution in [3.8, 4) is 0 Å². The van der Waals surface area contributed by atoms with Gasteiger partial charge in [-0.25, -0.2) is 4.39 Å². The van der Waals surface area contributed by atoms with Crippen LogP contribution in [0.4, 0.5) is 4.39 Å². The minimum absolute atomic E-state index is 0.0197. The summed E-state index contributed by atoms with van der Waals surface area (Å²) in [7, 11) is -1.72. The van der Waals surface area contributed by atoms with Crippen LogP contribution >= 0.6 is 11.8 Å². The Morgan fingerprint density at radius 3 is 2.67 bits per heavy atom. The van der Waals surface area contributed by atoms with Gasteiger partial charge in [0.15, 0.2) is 5.78 Å². The quantitative estimate of drug-likeness (QED) is 0.564. The normalized spacial score (nSPS) is 10.1. The maximum absolute atomic E-state index is 13.3. The van der Waals surface area contributed by atoms with Crippen molar-refractivity contribution in [2.24, 2.45) is 0 Å². The molecule has 0 atom stereocenters. The third kappa shape index (κ3) is 3.05. The first-order valence-corrected chi connectivity index (χ1v) is 5.63. The van der Waals surface area contributed by atoms with Crippen LogP contribution in [0.5, 0.6) is 0 Å². The molecule has 0 heterocycles. The minimum Gasteiger partial charge on any atom is -0.423 e. The lowest BCUT2D eigenvalue weighted by molar-refractivity contribution is 0.101. The first kappa shape index (κ1) is 12.2. The van der Waals surface area contributed by atoms with Crippen LogP contribution in [-0.4, -0.2) is 35.0 Å². The predicted octanol–water partition coefficient (Wildman–Crippen LogP) is 0.0512. The maximum atomic E-state index is 13.3. The van der Waals surface area contributed by atoms with Crippen molar-refractivity contribution in [1.82, 2.24) is 0 Å². The molecule has 6 heteroatoms. The molecule has 0 unspecified atom stereocenters. The number of Topliss-reactive ketones (excluding diaryl/α,β-unsaturated/α-hetero) is 1. The van der Waals surface area contributed by atoms with Crippen molar-refractivity contribution in [3.05, 3.63) is 29.6 Å². The van der Waals surface area contributed by atoms with Crippen molar-refractivity contribution in [1.29, 1.82) is 0 Å². The van der Waals surface area contributed by atoms with Gasteiger partial charge in [0.25, 0.3) is 0 Å². The van der Waals surface area contributed by atoms with Gasteiger partial charge in [-0.15, -0.1) is 0 Å². The Bertz CT molecular complexity index is 370. The first-order chi connectivity index (χ1) is 7.06. The summed E-state index contributed by atoms with van der Waals surface area (Å²) in [6.45, 7) is 0.